The fraction of sp³-hybridized carbons (Fsp3) is 0.300. The molecule has 1 fully saturated rings. The Morgan fingerprint density at radius 3 is 2.18 bits per heavy atom. The van der Waals surface area contributed by atoms with E-state index in [0.717, 1.165) is 0 Å². The van der Waals surface area contributed by atoms with Crippen LogP contribution in [0, 0.1) is 5.82 Å². The van der Waals surface area contributed by atoms with Crippen molar-refractivity contribution in [1.29, 1.82) is 0 Å². The van der Waals surface area contributed by atoms with Crippen molar-refractivity contribution in [2.45, 2.75) is 0 Å². The lowest BCUT2D eigenvalue weighted by Crippen LogP contribution is -2.51. The summed E-state index contributed by atoms with van der Waals surface area (Å²) in [7, 11) is 3.05. The summed E-state index contributed by atoms with van der Waals surface area (Å²) in [6, 6.07) is 10.4. The van der Waals surface area contributed by atoms with Gasteiger partial charge in [-0.2, -0.15) is 0 Å². The van der Waals surface area contributed by atoms with E-state index >= 15 is 0 Å². The molecule has 1 aliphatic heterocycles. The first-order valence-electron chi connectivity index (χ1n) is 8.84. The van der Waals surface area contributed by atoms with Gasteiger partial charge in [-0.15, -0.1) is 0 Å². The Bertz CT molecular complexity index is 849. The van der Waals surface area contributed by atoms with Crippen LogP contribution in [-0.4, -0.2) is 62.1 Å². The minimum Gasteiger partial charge on any atom is -0.497 e. The lowest BCUT2D eigenvalue weighted by molar-refractivity contribution is 0.0668. The number of hydrogen-bond donors (Lipinski definition) is 1. The third-order valence-corrected chi connectivity index (χ3v) is 4.59. The highest BCUT2D eigenvalue weighted by Crippen LogP contribution is 2.26. The molecular formula is C20H22FN3O4. The summed E-state index contributed by atoms with van der Waals surface area (Å²) in [6.07, 6.45) is 0. The van der Waals surface area contributed by atoms with E-state index in [9.17, 15) is 14.0 Å². The summed E-state index contributed by atoms with van der Waals surface area (Å²) in [5, 5.41) is 2.73. The fourth-order valence-electron chi connectivity index (χ4n) is 2.99. The number of urea groups is 1. The first-order chi connectivity index (χ1) is 13.5. The fourth-order valence-corrected chi connectivity index (χ4v) is 2.99. The van der Waals surface area contributed by atoms with Gasteiger partial charge in [-0.3, -0.25) is 4.79 Å². The Hall–Kier alpha value is -3.29. The second-order valence-electron chi connectivity index (χ2n) is 6.28. The number of ether oxygens (including phenoxy) is 2. The molecule has 1 heterocycles. The highest BCUT2D eigenvalue weighted by Gasteiger charge is 2.26. The van der Waals surface area contributed by atoms with Crippen LogP contribution in [0.5, 0.6) is 11.5 Å². The van der Waals surface area contributed by atoms with Gasteiger partial charge in [0.2, 0.25) is 0 Å². The lowest BCUT2D eigenvalue weighted by Gasteiger charge is -2.35. The van der Waals surface area contributed by atoms with Crippen LogP contribution in [0.4, 0.5) is 14.9 Å². The molecule has 0 atom stereocenters. The molecule has 0 unspecified atom stereocenters. The summed E-state index contributed by atoms with van der Waals surface area (Å²) in [6.45, 7) is 1.62. The van der Waals surface area contributed by atoms with Gasteiger partial charge in [0.15, 0.2) is 0 Å². The van der Waals surface area contributed by atoms with Gasteiger partial charge in [-0.05, 0) is 36.4 Å². The van der Waals surface area contributed by atoms with Crippen molar-refractivity contribution in [3.05, 3.63) is 53.8 Å². The van der Waals surface area contributed by atoms with Gasteiger partial charge in [0.05, 0.1) is 19.8 Å². The third-order valence-electron chi connectivity index (χ3n) is 4.59. The molecule has 1 N–H and O–H groups in total. The van der Waals surface area contributed by atoms with E-state index in [1.807, 2.05) is 0 Å². The van der Waals surface area contributed by atoms with Crippen molar-refractivity contribution in [3.63, 3.8) is 0 Å². The second-order valence-corrected chi connectivity index (χ2v) is 6.28. The number of nitrogens with zero attached hydrogens (tertiary/aromatic N) is 2. The third kappa shape index (κ3) is 4.33. The number of benzene rings is 2. The highest BCUT2D eigenvalue weighted by molar-refractivity contribution is 5.97. The van der Waals surface area contributed by atoms with E-state index in [1.165, 1.54) is 31.4 Å². The molecule has 0 aliphatic carbocycles. The van der Waals surface area contributed by atoms with E-state index < -0.39 is 0 Å². The standard InChI is InChI=1S/C20H22FN3O4/c1-27-16-7-8-17(18(13-16)28-2)19(25)23-9-11-24(12-10-23)20(26)22-15-5-3-14(21)4-6-15/h3-8,13H,9-12H2,1-2H3,(H,22,26). The minimum atomic E-state index is -0.362. The molecule has 7 nitrogen and oxygen atoms in total. The summed E-state index contributed by atoms with van der Waals surface area (Å²) in [5.74, 6) is 0.536. The molecule has 0 spiro atoms. The Balaban J connectivity index is 1.59. The van der Waals surface area contributed by atoms with Gasteiger partial charge >= 0.3 is 6.03 Å². The molecule has 3 amide bonds. The molecule has 28 heavy (non-hydrogen) atoms. The molecule has 1 saturated heterocycles. The Kier molecular flexibility index (Phi) is 5.98. The van der Waals surface area contributed by atoms with Crippen LogP contribution in [0.1, 0.15) is 10.4 Å². The van der Waals surface area contributed by atoms with Crippen LogP contribution in [0.3, 0.4) is 0 Å². The molecule has 0 radical (unpaired) electrons. The number of rotatable bonds is 4. The van der Waals surface area contributed by atoms with E-state index in [4.69, 9.17) is 9.47 Å². The topological polar surface area (TPSA) is 71.1 Å². The van der Waals surface area contributed by atoms with Crippen LogP contribution >= 0.6 is 0 Å². The highest BCUT2D eigenvalue weighted by atomic mass is 19.1. The van der Waals surface area contributed by atoms with Crippen LogP contribution < -0.4 is 14.8 Å². The number of nitrogens with one attached hydrogen (secondary N) is 1. The van der Waals surface area contributed by atoms with Crippen molar-refractivity contribution in [3.8, 4) is 11.5 Å². The van der Waals surface area contributed by atoms with Gasteiger partial charge in [0.25, 0.3) is 5.91 Å². The zero-order valence-electron chi connectivity index (χ0n) is 15.8. The molecule has 3 rings (SSSR count). The number of carbonyl (C=O) groups is 2. The predicted octanol–water partition coefficient (Wildman–Crippen LogP) is 2.83. The Morgan fingerprint density at radius 1 is 0.929 bits per heavy atom. The molecule has 8 heteroatoms. The van der Waals surface area contributed by atoms with Crippen molar-refractivity contribution in [2.24, 2.45) is 0 Å². The minimum absolute atomic E-state index is 0.155. The number of piperazine rings is 1. The van der Waals surface area contributed by atoms with E-state index in [1.54, 1.807) is 35.1 Å². The SMILES string of the molecule is COc1ccc(C(=O)N2CCN(C(=O)Nc3ccc(F)cc3)CC2)c(OC)c1. The summed E-state index contributed by atoms with van der Waals surface area (Å²) in [4.78, 5) is 28.5. The predicted molar refractivity (Wildman–Crippen MR) is 102 cm³/mol. The summed E-state index contributed by atoms with van der Waals surface area (Å²) in [5.41, 5.74) is 0.973. The average Bonchev–Trinajstić information content (AvgIpc) is 2.74. The van der Waals surface area contributed by atoms with Crippen molar-refractivity contribution in [1.82, 2.24) is 9.80 Å². The maximum Gasteiger partial charge on any atom is 0.321 e. The van der Waals surface area contributed by atoms with Crippen LogP contribution in [0.25, 0.3) is 0 Å². The second kappa shape index (κ2) is 8.60. The molecule has 0 saturated carbocycles. The van der Waals surface area contributed by atoms with Crippen molar-refractivity contribution < 1.29 is 23.5 Å². The van der Waals surface area contributed by atoms with E-state index in [2.05, 4.69) is 5.32 Å². The first kappa shape index (κ1) is 19.5. The summed E-state index contributed by atoms with van der Waals surface area (Å²) >= 11 is 0. The smallest absolute Gasteiger partial charge is 0.321 e. The first-order valence-corrected chi connectivity index (χ1v) is 8.84. The van der Waals surface area contributed by atoms with Crippen molar-refractivity contribution >= 4 is 17.6 Å². The maximum atomic E-state index is 13.0. The molecule has 0 aromatic heterocycles. The van der Waals surface area contributed by atoms with Gasteiger partial charge in [-0.25, -0.2) is 9.18 Å². The molecule has 148 valence electrons. The number of carbonyl (C=O) groups excluding carboxylic acids is 2. The van der Waals surface area contributed by atoms with Crippen LogP contribution in [0.15, 0.2) is 42.5 Å². The number of amides is 3. The average molecular weight is 387 g/mol. The Morgan fingerprint density at radius 2 is 1.57 bits per heavy atom. The Labute approximate surface area is 162 Å². The number of anilines is 1. The number of methoxy groups -OCH3 is 2. The number of hydrogen-bond acceptors (Lipinski definition) is 4. The quantitative estimate of drug-likeness (QED) is 0.876. The monoisotopic (exact) mass is 387 g/mol. The van der Waals surface area contributed by atoms with Crippen molar-refractivity contribution in [2.75, 3.05) is 45.7 Å². The lowest BCUT2D eigenvalue weighted by atomic mass is 10.1. The largest absolute Gasteiger partial charge is 0.497 e. The number of halogens is 1. The molecular weight excluding hydrogens is 365 g/mol. The van der Waals surface area contributed by atoms with E-state index in [0.29, 0.717) is 48.9 Å². The normalized spacial score (nSPS) is 13.8. The molecule has 0 bridgehead atoms. The molecule has 2 aromatic carbocycles. The summed E-state index contributed by atoms with van der Waals surface area (Å²) < 4.78 is 23.4. The van der Waals surface area contributed by atoms with Gasteiger partial charge in [-0.1, -0.05) is 0 Å². The van der Waals surface area contributed by atoms with Gasteiger partial charge < -0.3 is 24.6 Å². The van der Waals surface area contributed by atoms with Gasteiger partial charge in [0.1, 0.15) is 17.3 Å². The zero-order valence-corrected chi connectivity index (χ0v) is 15.8. The van der Waals surface area contributed by atoms with E-state index in [-0.39, 0.29) is 17.8 Å². The maximum absolute atomic E-state index is 13.0. The van der Waals surface area contributed by atoms with Gasteiger partial charge in [0, 0.05) is 37.9 Å². The van der Waals surface area contributed by atoms with Crippen LogP contribution in [0.2, 0.25) is 0 Å². The van der Waals surface area contributed by atoms with Crippen LogP contribution in [-0.2, 0) is 0 Å². The molecule has 1 aliphatic rings. The molecule has 2 aromatic rings. The zero-order chi connectivity index (χ0) is 20.1.